The van der Waals surface area contributed by atoms with E-state index in [1.54, 1.807) is 24.3 Å². The Morgan fingerprint density at radius 2 is 1.50 bits per heavy atom. The zero-order valence-electron chi connectivity index (χ0n) is 15.2. The fourth-order valence-corrected chi connectivity index (χ4v) is 3.34. The SMILES string of the molecule is CCc1ccccc1NC(=O)[C@H](C(C)C)N1C(=O)c2ccccc2C1=O. The number of rotatable bonds is 5. The second-order valence-corrected chi connectivity index (χ2v) is 6.71. The molecule has 0 radical (unpaired) electrons. The summed E-state index contributed by atoms with van der Waals surface area (Å²) in [7, 11) is 0. The summed E-state index contributed by atoms with van der Waals surface area (Å²) >= 11 is 0. The number of hydrogen-bond donors (Lipinski definition) is 1. The van der Waals surface area contributed by atoms with Crippen molar-refractivity contribution in [1.29, 1.82) is 0 Å². The molecule has 0 aromatic heterocycles. The Kier molecular flexibility index (Phi) is 4.89. The van der Waals surface area contributed by atoms with Crippen molar-refractivity contribution in [1.82, 2.24) is 4.90 Å². The highest BCUT2D eigenvalue weighted by Gasteiger charge is 2.43. The maximum atomic E-state index is 13.0. The predicted molar refractivity (Wildman–Crippen MR) is 100 cm³/mol. The number of benzene rings is 2. The van der Waals surface area contributed by atoms with Gasteiger partial charge in [0.1, 0.15) is 6.04 Å². The first-order chi connectivity index (χ1) is 12.5. The zero-order chi connectivity index (χ0) is 18.8. The van der Waals surface area contributed by atoms with Gasteiger partial charge in [0.2, 0.25) is 5.91 Å². The predicted octanol–water partition coefficient (Wildman–Crippen LogP) is 3.51. The van der Waals surface area contributed by atoms with Gasteiger partial charge in [0.05, 0.1) is 11.1 Å². The van der Waals surface area contributed by atoms with Crippen LogP contribution in [0.1, 0.15) is 47.1 Å². The number of carbonyl (C=O) groups is 3. The number of imide groups is 1. The number of hydrogen-bond acceptors (Lipinski definition) is 3. The van der Waals surface area contributed by atoms with Crippen LogP contribution in [0.2, 0.25) is 0 Å². The van der Waals surface area contributed by atoms with Gasteiger partial charge < -0.3 is 5.32 Å². The summed E-state index contributed by atoms with van der Waals surface area (Å²) in [6, 6.07) is 13.4. The van der Waals surface area contributed by atoms with E-state index in [2.05, 4.69) is 5.32 Å². The summed E-state index contributed by atoms with van der Waals surface area (Å²) in [5.74, 6) is -1.40. The molecule has 1 heterocycles. The van der Waals surface area contributed by atoms with Crippen LogP contribution in [0.4, 0.5) is 5.69 Å². The Labute approximate surface area is 153 Å². The maximum absolute atomic E-state index is 13.0. The topological polar surface area (TPSA) is 66.5 Å². The smallest absolute Gasteiger partial charge is 0.262 e. The van der Waals surface area contributed by atoms with Crippen LogP contribution in [0.5, 0.6) is 0 Å². The van der Waals surface area contributed by atoms with Gasteiger partial charge in [-0.05, 0) is 36.1 Å². The van der Waals surface area contributed by atoms with E-state index in [1.165, 1.54) is 0 Å². The fourth-order valence-electron chi connectivity index (χ4n) is 3.34. The lowest BCUT2D eigenvalue weighted by Gasteiger charge is -2.28. The Balaban J connectivity index is 1.92. The molecule has 134 valence electrons. The van der Waals surface area contributed by atoms with Gasteiger partial charge in [0, 0.05) is 5.69 Å². The molecule has 2 aromatic carbocycles. The van der Waals surface area contributed by atoms with E-state index >= 15 is 0 Å². The van der Waals surface area contributed by atoms with E-state index in [-0.39, 0.29) is 11.8 Å². The van der Waals surface area contributed by atoms with Crippen LogP contribution in [-0.2, 0) is 11.2 Å². The lowest BCUT2D eigenvalue weighted by molar-refractivity contribution is -0.121. The molecule has 1 aliphatic rings. The minimum Gasteiger partial charge on any atom is -0.324 e. The van der Waals surface area contributed by atoms with Crippen molar-refractivity contribution in [3.63, 3.8) is 0 Å². The monoisotopic (exact) mass is 350 g/mol. The third kappa shape index (κ3) is 3.01. The summed E-state index contributed by atoms with van der Waals surface area (Å²) in [6.45, 7) is 5.67. The van der Waals surface area contributed by atoms with Crippen LogP contribution in [0, 0.1) is 5.92 Å². The van der Waals surface area contributed by atoms with E-state index in [9.17, 15) is 14.4 Å². The van der Waals surface area contributed by atoms with Crippen molar-refractivity contribution >= 4 is 23.4 Å². The van der Waals surface area contributed by atoms with Gasteiger partial charge in [-0.1, -0.05) is 51.1 Å². The Morgan fingerprint density at radius 1 is 0.962 bits per heavy atom. The van der Waals surface area contributed by atoms with Crippen LogP contribution < -0.4 is 5.32 Å². The van der Waals surface area contributed by atoms with Crippen molar-refractivity contribution in [2.75, 3.05) is 5.32 Å². The third-order valence-electron chi connectivity index (χ3n) is 4.66. The van der Waals surface area contributed by atoms with Gasteiger partial charge >= 0.3 is 0 Å². The normalized spacial score (nSPS) is 14.5. The lowest BCUT2D eigenvalue weighted by atomic mass is 10.0. The number of nitrogens with one attached hydrogen (secondary N) is 1. The second-order valence-electron chi connectivity index (χ2n) is 6.71. The lowest BCUT2D eigenvalue weighted by Crippen LogP contribution is -2.50. The summed E-state index contributed by atoms with van der Waals surface area (Å²) in [5, 5.41) is 2.90. The van der Waals surface area contributed by atoms with Gasteiger partial charge in [-0.25, -0.2) is 0 Å². The van der Waals surface area contributed by atoms with E-state index in [4.69, 9.17) is 0 Å². The van der Waals surface area contributed by atoms with Crippen molar-refractivity contribution in [2.45, 2.75) is 33.2 Å². The molecular formula is C21H22N2O3. The Hall–Kier alpha value is -2.95. The fraction of sp³-hybridized carbons (Fsp3) is 0.286. The Morgan fingerprint density at radius 3 is 2.04 bits per heavy atom. The molecule has 0 saturated carbocycles. The Bertz CT molecular complexity index is 838. The van der Waals surface area contributed by atoms with Crippen LogP contribution >= 0.6 is 0 Å². The highest BCUT2D eigenvalue weighted by atomic mass is 16.2. The molecule has 3 rings (SSSR count). The minimum atomic E-state index is -0.868. The molecule has 5 heteroatoms. The highest BCUT2D eigenvalue weighted by molar-refractivity contribution is 6.23. The number of nitrogens with zero attached hydrogens (tertiary/aromatic N) is 1. The van der Waals surface area contributed by atoms with Crippen LogP contribution in [0.3, 0.4) is 0 Å². The molecule has 0 spiro atoms. The number of para-hydroxylation sites is 1. The second kappa shape index (κ2) is 7.12. The standard InChI is InChI=1S/C21H22N2O3/c1-4-14-9-5-8-12-17(14)22-19(24)18(13(2)3)23-20(25)15-10-6-7-11-16(15)21(23)26/h5-13,18H,4H2,1-3H3,(H,22,24)/t18-/m0/s1. The molecule has 0 saturated heterocycles. The van der Waals surface area contributed by atoms with Gasteiger partial charge in [-0.3, -0.25) is 19.3 Å². The minimum absolute atomic E-state index is 0.217. The van der Waals surface area contributed by atoms with Crippen molar-refractivity contribution in [3.8, 4) is 0 Å². The molecule has 0 unspecified atom stereocenters. The van der Waals surface area contributed by atoms with E-state index in [1.807, 2.05) is 45.0 Å². The molecular weight excluding hydrogens is 328 g/mol. The molecule has 26 heavy (non-hydrogen) atoms. The summed E-state index contributed by atoms with van der Waals surface area (Å²) in [5.41, 5.74) is 2.42. The zero-order valence-corrected chi connectivity index (χ0v) is 15.2. The average Bonchev–Trinajstić information content (AvgIpc) is 2.88. The van der Waals surface area contributed by atoms with Crippen LogP contribution in [-0.4, -0.2) is 28.7 Å². The molecule has 1 atom stereocenters. The summed E-state index contributed by atoms with van der Waals surface area (Å²) in [4.78, 5) is 39.6. The summed E-state index contributed by atoms with van der Waals surface area (Å²) in [6.07, 6.45) is 0.774. The number of anilines is 1. The van der Waals surface area contributed by atoms with E-state index < -0.39 is 17.9 Å². The largest absolute Gasteiger partial charge is 0.324 e. The molecule has 3 amide bonds. The number of aryl methyl sites for hydroxylation is 1. The molecule has 0 bridgehead atoms. The maximum Gasteiger partial charge on any atom is 0.262 e. The van der Waals surface area contributed by atoms with E-state index in [0.29, 0.717) is 16.8 Å². The van der Waals surface area contributed by atoms with Gasteiger partial charge in [-0.2, -0.15) is 0 Å². The van der Waals surface area contributed by atoms with Gasteiger partial charge in [0.15, 0.2) is 0 Å². The van der Waals surface area contributed by atoms with Crippen LogP contribution in [0.15, 0.2) is 48.5 Å². The molecule has 1 aliphatic heterocycles. The number of fused-ring (bicyclic) bond motifs is 1. The average molecular weight is 350 g/mol. The van der Waals surface area contributed by atoms with Crippen LogP contribution in [0.25, 0.3) is 0 Å². The van der Waals surface area contributed by atoms with Gasteiger partial charge in [0.25, 0.3) is 11.8 Å². The first-order valence-electron chi connectivity index (χ1n) is 8.81. The number of amides is 3. The van der Waals surface area contributed by atoms with Gasteiger partial charge in [-0.15, -0.1) is 0 Å². The van der Waals surface area contributed by atoms with Crippen molar-refractivity contribution in [3.05, 3.63) is 65.2 Å². The quantitative estimate of drug-likeness (QED) is 0.839. The highest BCUT2D eigenvalue weighted by Crippen LogP contribution is 2.28. The van der Waals surface area contributed by atoms with Crippen molar-refractivity contribution in [2.24, 2.45) is 5.92 Å². The molecule has 0 fully saturated rings. The third-order valence-corrected chi connectivity index (χ3v) is 4.66. The molecule has 5 nitrogen and oxygen atoms in total. The molecule has 1 N–H and O–H groups in total. The van der Waals surface area contributed by atoms with E-state index in [0.717, 1.165) is 16.9 Å². The number of carbonyl (C=O) groups excluding carboxylic acids is 3. The first-order valence-corrected chi connectivity index (χ1v) is 8.81. The first kappa shape index (κ1) is 17.9. The molecule has 2 aromatic rings. The molecule has 0 aliphatic carbocycles. The van der Waals surface area contributed by atoms with Crippen molar-refractivity contribution < 1.29 is 14.4 Å². The summed E-state index contributed by atoms with van der Waals surface area (Å²) < 4.78 is 0.